The summed E-state index contributed by atoms with van der Waals surface area (Å²) in [7, 11) is 1.82. The summed E-state index contributed by atoms with van der Waals surface area (Å²) in [5.41, 5.74) is 0.276. The van der Waals surface area contributed by atoms with Gasteiger partial charge in [-0.15, -0.1) is 0 Å². The minimum atomic E-state index is -0.407. The molecule has 20 heavy (non-hydrogen) atoms. The van der Waals surface area contributed by atoms with Gasteiger partial charge in [-0.25, -0.2) is 0 Å². The highest BCUT2D eigenvalue weighted by Crippen LogP contribution is 2.39. The van der Waals surface area contributed by atoms with Crippen LogP contribution in [0.2, 0.25) is 0 Å². The van der Waals surface area contributed by atoms with Crippen LogP contribution in [0.5, 0.6) is 0 Å². The quantitative estimate of drug-likeness (QED) is 0.650. The summed E-state index contributed by atoms with van der Waals surface area (Å²) in [5, 5.41) is 18.1. The molecular weight excluding hydrogens is 258 g/mol. The minimum Gasteiger partial charge on any atom is -0.361 e. The monoisotopic (exact) mass is 279 g/mol. The molecule has 2 heterocycles. The van der Waals surface area contributed by atoms with E-state index in [1.165, 1.54) is 19.3 Å². The van der Waals surface area contributed by atoms with Crippen LogP contribution in [0.25, 0.3) is 0 Å². The molecule has 3 rings (SSSR count). The van der Waals surface area contributed by atoms with Crippen LogP contribution in [0, 0.1) is 17.0 Å². The van der Waals surface area contributed by atoms with E-state index in [2.05, 4.69) is 15.6 Å². The number of aromatic nitrogens is 2. The smallest absolute Gasteiger partial charge is 0.361 e. The fourth-order valence-corrected chi connectivity index (χ4v) is 3.34. The third kappa shape index (κ3) is 2.15. The Hall–Kier alpha value is -1.63. The number of rotatable bonds is 3. The first-order valence-corrected chi connectivity index (χ1v) is 7.20. The summed E-state index contributed by atoms with van der Waals surface area (Å²) in [4.78, 5) is 14.7. The van der Waals surface area contributed by atoms with Gasteiger partial charge in [0.05, 0.1) is 0 Å². The van der Waals surface area contributed by atoms with Crippen molar-refractivity contribution >= 4 is 11.6 Å². The first kappa shape index (κ1) is 13.4. The second-order valence-corrected chi connectivity index (χ2v) is 6.04. The lowest BCUT2D eigenvalue weighted by Crippen LogP contribution is -2.58. The SMILES string of the molecule is Cc1nc([N+](=O)[O-])c(NC2CCNC3(CCC3)C2)n1C. The maximum Gasteiger partial charge on any atom is 0.406 e. The molecule has 110 valence electrons. The number of nitrogens with zero attached hydrogens (tertiary/aromatic N) is 3. The van der Waals surface area contributed by atoms with Gasteiger partial charge in [0.2, 0.25) is 11.6 Å². The Bertz CT molecular complexity index is 535. The van der Waals surface area contributed by atoms with Crippen LogP contribution in [-0.4, -0.2) is 32.6 Å². The standard InChI is InChI=1S/C13H21N5O2/c1-9-15-12(18(19)20)11(17(9)2)16-10-4-7-14-13(8-10)5-3-6-13/h10,14,16H,3-8H2,1-2H3. The van der Waals surface area contributed by atoms with Crippen molar-refractivity contribution in [2.24, 2.45) is 7.05 Å². The predicted molar refractivity (Wildman–Crippen MR) is 75.8 cm³/mol. The first-order chi connectivity index (χ1) is 9.51. The molecule has 1 aliphatic heterocycles. The molecule has 1 aromatic rings. The summed E-state index contributed by atoms with van der Waals surface area (Å²) in [5.74, 6) is 1.13. The van der Waals surface area contributed by atoms with Crippen LogP contribution in [0.15, 0.2) is 0 Å². The molecule has 1 saturated carbocycles. The van der Waals surface area contributed by atoms with Gasteiger partial charge in [0.15, 0.2) is 0 Å². The van der Waals surface area contributed by atoms with Crippen molar-refractivity contribution in [2.45, 2.75) is 50.6 Å². The van der Waals surface area contributed by atoms with Gasteiger partial charge in [-0.1, -0.05) is 0 Å². The number of hydrogen-bond acceptors (Lipinski definition) is 5. The van der Waals surface area contributed by atoms with Crippen LogP contribution >= 0.6 is 0 Å². The van der Waals surface area contributed by atoms with Gasteiger partial charge in [0.1, 0.15) is 0 Å². The van der Waals surface area contributed by atoms with Crippen molar-refractivity contribution in [3.8, 4) is 0 Å². The second kappa shape index (κ2) is 4.73. The molecule has 1 aliphatic carbocycles. The van der Waals surface area contributed by atoms with Gasteiger partial charge in [0.25, 0.3) is 0 Å². The van der Waals surface area contributed by atoms with Crippen molar-refractivity contribution in [1.82, 2.24) is 14.9 Å². The van der Waals surface area contributed by atoms with Crippen molar-refractivity contribution in [2.75, 3.05) is 11.9 Å². The molecule has 1 aromatic heterocycles. The third-order valence-corrected chi connectivity index (χ3v) is 4.75. The highest BCUT2D eigenvalue weighted by Gasteiger charge is 2.41. The lowest BCUT2D eigenvalue weighted by molar-refractivity contribution is -0.388. The lowest BCUT2D eigenvalue weighted by Gasteiger charge is -2.48. The van der Waals surface area contributed by atoms with E-state index >= 15 is 0 Å². The molecule has 2 N–H and O–H groups in total. The summed E-state index contributed by atoms with van der Waals surface area (Å²) in [6, 6.07) is 0.282. The van der Waals surface area contributed by atoms with Gasteiger partial charge in [-0.05, 0) is 48.6 Å². The van der Waals surface area contributed by atoms with E-state index in [0.29, 0.717) is 11.6 Å². The molecule has 1 spiro atoms. The lowest BCUT2D eigenvalue weighted by atomic mass is 9.70. The van der Waals surface area contributed by atoms with Crippen LogP contribution in [0.4, 0.5) is 11.6 Å². The van der Waals surface area contributed by atoms with E-state index in [4.69, 9.17) is 0 Å². The number of imidazole rings is 1. The Morgan fingerprint density at radius 1 is 1.55 bits per heavy atom. The highest BCUT2D eigenvalue weighted by molar-refractivity contribution is 5.54. The van der Waals surface area contributed by atoms with Crippen LogP contribution in [0.1, 0.15) is 37.9 Å². The molecule has 0 amide bonds. The summed E-state index contributed by atoms with van der Waals surface area (Å²) in [6.45, 7) is 2.76. The molecule has 0 aromatic carbocycles. The average Bonchev–Trinajstić information content (AvgIpc) is 2.66. The van der Waals surface area contributed by atoms with Gasteiger partial charge >= 0.3 is 5.82 Å². The number of piperidine rings is 1. The number of nitrogens with one attached hydrogen (secondary N) is 2. The van der Waals surface area contributed by atoms with E-state index in [9.17, 15) is 10.1 Å². The van der Waals surface area contributed by atoms with E-state index < -0.39 is 4.92 Å². The van der Waals surface area contributed by atoms with Gasteiger partial charge < -0.3 is 20.7 Å². The third-order valence-electron chi connectivity index (χ3n) is 4.75. The van der Waals surface area contributed by atoms with Gasteiger partial charge in [-0.2, -0.15) is 0 Å². The highest BCUT2D eigenvalue weighted by atomic mass is 16.6. The maximum atomic E-state index is 11.1. The minimum absolute atomic E-state index is 0.0637. The largest absolute Gasteiger partial charge is 0.406 e. The molecule has 7 nitrogen and oxygen atoms in total. The number of nitro groups is 1. The Labute approximate surface area is 117 Å². The summed E-state index contributed by atoms with van der Waals surface area (Å²) < 4.78 is 1.77. The Kier molecular flexibility index (Phi) is 3.16. The molecular formula is C13H21N5O2. The first-order valence-electron chi connectivity index (χ1n) is 7.20. The molecule has 2 aliphatic rings. The van der Waals surface area contributed by atoms with Crippen molar-refractivity contribution in [1.29, 1.82) is 0 Å². The molecule has 1 unspecified atom stereocenters. The molecule has 7 heteroatoms. The molecule has 2 fully saturated rings. The Balaban J connectivity index is 1.79. The molecule has 1 saturated heterocycles. The predicted octanol–water partition coefficient (Wildman–Crippen LogP) is 1.72. The van der Waals surface area contributed by atoms with Gasteiger partial charge in [0, 0.05) is 25.6 Å². The van der Waals surface area contributed by atoms with E-state index in [-0.39, 0.29) is 17.4 Å². The molecule has 0 radical (unpaired) electrons. The zero-order chi connectivity index (χ0) is 14.3. The van der Waals surface area contributed by atoms with E-state index in [1.54, 1.807) is 11.5 Å². The van der Waals surface area contributed by atoms with Crippen LogP contribution in [0.3, 0.4) is 0 Å². The number of aryl methyl sites for hydroxylation is 1. The number of anilines is 1. The summed E-state index contributed by atoms with van der Waals surface area (Å²) >= 11 is 0. The molecule has 1 atom stereocenters. The van der Waals surface area contributed by atoms with Crippen molar-refractivity contribution < 1.29 is 4.92 Å². The van der Waals surface area contributed by atoms with Crippen molar-refractivity contribution in [3.05, 3.63) is 15.9 Å². The average molecular weight is 279 g/mol. The topological polar surface area (TPSA) is 85.0 Å². The van der Waals surface area contributed by atoms with Crippen LogP contribution < -0.4 is 10.6 Å². The zero-order valence-electron chi connectivity index (χ0n) is 12.0. The maximum absolute atomic E-state index is 11.1. The second-order valence-electron chi connectivity index (χ2n) is 6.04. The normalized spacial score (nSPS) is 24.4. The Morgan fingerprint density at radius 2 is 2.30 bits per heavy atom. The van der Waals surface area contributed by atoms with Crippen molar-refractivity contribution in [3.63, 3.8) is 0 Å². The fourth-order valence-electron chi connectivity index (χ4n) is 3.34. The Morgan fingerprint density at radius 3 is 2.90 bits per heavy atom. The molecule has 0 bridgehead atoms. The number of hydrogen-bond donors (Lipinski definition) is 2. The van der Waals surface area contributed by atoms with Gasteiger partial charge in [-0.3, -0.25) is 4.57 Å². The van der Waals surface area contributed by atoms with Crippen LogP contribution in [-0.2, 0) is 7.05 Å². The fraction of sp³-hybridized carbons (Fsp3) is 0.769. The zero-order valence-corrected chi connectivity index (χ0v) is 12.0. The van der Waals surface area contributed by atoms with E-state index in [1.807, 2.05) is 7.05 Å². The van der Waals surface area contributed by atoms with E-state index in [0.717, 1.165) is 19.4 Å². The summed E-state index contributed by atoms with van der Waals surface area (Å²) in [6.07, 6.45) is 5.75.